The Kier molecular flexibility index (Phi) is 3.50. The molecule has 3 rings (SSSR count). The summed E-state index contributed by atoms with van der Waals surface area (Å²) in [7, 11) is 0. The molecule has 1 aliphatic heterocycles. The third-order valence-corrected chi connectivity index (χ3v) is 3.84. The van der Waals surface area contributed by atoms with Gasteiger partial charge in [0.05, 0.1) is 18.0 Å². The van der Waals surface area contributed by atoms with E-state index in [2.05, 4.69) is 15.3 Å². The first-order valence-corrected chi connectivity index (χ1v) is 6.93. The fraction of sp³-hybridized carbons (Fsp3) is 0.500. The number of rotatable bonds is 2. The summed E-state index contributed by atoms with van der Waals surface area (Å²) in [6, 6.07) is 0. The number of piperidine rings is 1. The Morgan fingerprint density at radius 3 is 2.90 bits per heavy atom. The molecule has 2 N–H and O–H groups in total. The molecule has 1 atom stereocenters. The summed E-state index contributed by atoms with van der Waals surface area (Å²) >= 11 is 0. The molecular weight excluding hydrogens is 256 g/mol. The quantitative estimate of drug-likeness (QED) is 0.839. The van der Waals surface area contributed by atoms with Gasteiger partial charge in [-0.25, -0.2) is 4.98 Å². The zero-order valence-electron chi connectivity index (χ0n) is 11.4. The molecule has 106 valence electrons. The maximum atomic E-state index is 12.7. The van der Waals surface area contributed by atoms with Crippen molar-refractivity contribution in [3.8, 4) is 0 Å². The van der Waals surface area contributed by atoms with Gasteiger partial charge in [-0.3, -0.25) is 14.2 Å². The van der Waals surface area contributed by atoms with Crippen LogP contribution in [0.1, 0.15) is 43.0 Å². The molecule has 0 spiro atoms. The number of hydrogen-bond acceptors (Lipinski definition) is 5. The lowest BCUT2D eigenvalue weighted by atomic mass is 9.88. The van der Waals surface area contributed by atoms with Gasteiger partial charge in [-0.05, 0) is 38.8 Å². The number of aliphatic hydroxyl groups is 1. The monoisotopic (exact) mass is 274 g/mol. The Hall–Kier alpha value is -1.79. The molecule has 1 saturated heterocycles. The van der Waals surface area contributed by atoms with Gasteiger partial charge in [0.2, 0.25) is 0 Å². The van der Waals surface area contributed by atoms with E-state index in [9.17, 15) is 9.90 Å². The van der Waals surface area contributed by atoms with Crippen molar-refractivity contribution in [3.63, 3.8) is 0 Å². The Balaban J connectivity index is 2.24. The van der Waals surface area contributed by atoms with E-state index in [-0.39, 0.29) is 11.5 Å². The predicted octanol–water partition coefficient (Wildman–Crippen LogP) is 0.610. The van der Waals surface area contributed by atoms with Crippen molar-refractivity contribution < 1.29 is 5.11 Å². The highest BCUT2D eigenvalue weighted by molar-refractivity contribution is 5.40. The van der Waals surface area contributed by atoms with E-state index in [1.54, 1.807) is 25.5 Å². The topological polar surface area (TPSA) is 79.5 Å². The molecule has 1 aliphatic rings. The van der Waals surface area contributed by atoms with Gasteiger partial charge in [-0.1, -0.05) is 0 Å². The number of nitrogens with zero attached hydrogens (tertiary/aromatic N) is 3. The molecule has 2 aromatic rings. The van der Waals surface area contributed by atoms with Gasteiger partial charge in [0.1, 0.15) is 0 Å². The Labute approximate surface area is 116 Å². The minimum Gasteiger partial charge on any atom is -0.387 e. The van der Waals surface area contributed by atoms with Gasteiger partial charge >= 0.3 is 0 Å². The van der Waals surface area contributed by atoms with Gasteiger partial charge in [0.25, 0.3) is 5.56 Å². The minimum absolute atomic E-state index is 0.0831. The smallest absolute Gasteiger partial charge is 0.261 e. The summed E-state index contributed by atoms with van der Waals surface area (Å²) < 4.78 is 1.51. The van der Waals surface area contributed by atoms with Gasteiger partial charge in [-0.15, -0.1) is 0 Å². The molecule has 3 heterocycles. The van der Waals surface area contributed by atoms with Crippen LogP contribution in [0.5, 0.6) is 0 Å². The van der Waals surface area contributed by atoms with Crippen LogP contribution in [0, 0.1) is 0 Å². The van der Waals surface area contributed by atoms with Gasteiger partial charge in [0, 0.05) is 18.0 Å². The van der Waals surface area contributed by atoms with E-state index < -0.39 is 6.10 Å². The highest BCUT2D eigenvalue weighted by atomic mass is 16.3. The van der Waals surface area contributed by atoms with Crippen LogP contribution >= 0.6 is 0 Å². The number of nitrogens with one attached hydrogen (secondary N) is 1. The summed E-state index contributed by atoms with van der Waals surface area (Å²) in [4.78, 5) is 21.1. The summed E-state index contributed by atoms with van der Waals surface area (Å²) in [5.74, 6) is 0.158. The van der Waals surface area contributed by atoms with Crippen LogP contribution in [0.25, 0.3) is 5.65 Å². The zero-order chi connectivity index (χ0) is 14.1. The van der Waals surface area contributed by atoms with Crippen molar-refractivity contribution >= 4 is 5.65 Å². The molecule has 6 heteroatoms. The van der Waals surface area contributed by atoms with Crippen molar-refractivity contribution in [3.05, 3.63) is 40.2 Å². The predicted molar refractivity (Wildman–Crippen MR) is 74.7 cm³/mol. The van der Waals surface area contributed by atoms with E-state index >= 15 is 0 Å². The van der Waals surface area contributed by atoms with E-state index in [1.165, 1.54) is 4.40 Å². The summed E-state index contributed by atoms with van der Waals surface area (Å²) in [6.07, 6.45) is 5.78. The highest BCUT2D eigenvalue weighted by Gasteiger charge is 2.25. The molecule has 0 radical (unpaired) electrons. The van der Waals surface area contributed by atoms with E-state index in [4.69, 9.17) is 0 Å². The normalized spacial score (nSPS) is 18.3. The van der Waals surface area contributed by atoms with Crippen LogP contribution in [0.3, 0.4) is 0 Å². The van der Waals surface area contributed by atoms with Gasteiger partial charge in [0.15, 0.2) is 5.65 Å². The molecule has 0 bridgehead atoms. The first kappa shape index (κ1) is 13.2. The number of aromatic nitrogens is 3. The minimum atomic E-state index is -0.752. The molecule has 1 fully saturated rings. The average molecular weight is 274 g/mol. The second-order valence-corrected chi connectivity index (χ2v) is 5.22. The van der Waals surface area contributed by atoms with Gasteiger partial charge in [-0.2, -0.15) is 0 Å². The fourth-order valence-electron chi connectivity index (χ4n) is 2.84. The lowest BCUT2D eigenvalue weighted by Gasteiger charge is -2.25. The Morgan fingerprint density at radius 1 is 1.45 bits per heavy atom. The van der Waals surface area contributed by atoms with E-state index in [1.807, 2.05) is 0 Å². The van der Waals surface area contributed by atoms with Gasteiger partial charge < -0.3 is 10.4 Å². The van der Waals surface area contributed by atoms with Crippen LogP contribution in [-0.4, -0.2) is 32.6 Å². The van der Waals surface area contributed by atoms with Crippen molar-refractivity contribution in [2.24, 2.45) is 0 Å². The van der Waals surface area contributed by atoms with Crippen molar-refractivity contribution in [2.75, 3.05) is 13.1 Å². The van der Waals surface area contributed by atoms with E-state index in [0.29, 0.717) is 16.9 Å². The Bertz CT molecular complexity index is 674. The first-order chi connectivity index (χ1) is 9.68. The molecule has 1 unspecified atom stereocenters. The molecule has 20 heavy (non-hydrogen) atoms. The molecule has 2 aromatic heterocycles. The van der Waals surface area contributed by atoms with E-state index in [0.717, 1.165) is 25.9 Å². The van der Waals surface area contributed by atoms with Crippen molar-refractivity contribution in [2.45, 2.75) is 31.8 Å². The van der Waals surface area contributed by atoms with Crippen molar-refractivity contribution in [1.82, 2.24) is 19.7 Å². The maximum Gasteiger partial charge on any atom is 0.261 e. The maximum absolute atomic E-state index is 12.7. The highest BCUT2D eigenvalue weighted by Crippen LogP contribution is 2.27. The standard InChI is InChI=1S/C14H18N4O2/c1-9(19)13-12(10-2-4-15-5-3-10)14(20)18-7-6-16-8-11(18)17-13/h6-10,15,19H,2-5H2,1H3. The van der Waals surface area contributed by atoms with Crippen LogP contribution in [0.2, 0.25) is 0 Å². The van der Waals surface area contributed by atoms with Crippen molar-refractivity contribution in [1.29, 1.82) is 0 Å². The second kappa shape index (κ2) is 5.30. The van der Waals surface area contributed by atoms with Crippen LogP contribution in [0.4, 0.5) is 0 Å². The molecule has 0 saturated carbocycles. The number of aliphatic hydroxyl groups excluding tert-OH is 1. The SMILES string of the molecule is CC(O)c1nc2cnccn2c(=O)c1C1CCNCC1. The van der Waals surface area contributed by atoms with Crippen LogP contribution in [0.15, 0.2) is 23.4 Å². The third-order valence-electron chi connectivity index (χ3n) is 3.84. The number of fused-ring (bicyclic) bond motifs is 1. The molecule has 0 amide bonds. The van der Waals surface area contributed by atoms with Crippen LogP contribution < -0.4 is 10.9 Å². The van der Waals surface area contributed by atoms with Crippen LogP contribution in [-0.2, 0) is 0 Å². The largest absolute Gasteiger partial charge is 0.387 e. The molecular formula is C14H18N4O2. The molecule has 0 aliphatic carbocycles. The first-order valence-electron chi connectivity index (χ1n) is 6.93. The third kappa shape index (κ3) is 2.21. The lowest BCUT2D eigenvalue weighted by molar-refractivity contribution is 0.191. The summed E-state index contributed by atoms with van der Waals surface area (Å²) in [5, 5.41) is 13.3. The summed E-state index contributed by atoms with van der Waals surface area (Å²) in [5.41, 5.74) is 1.55. The zero-order valence-corrected chi connectivity index (χ0v) is 11.4. The Morgan fingerprint density at radius 2 is 2.20 bits per heavy atom. The molecule has 0 aromatic carbocycles. The molecule has 6 nitrogen and oxygen atoms in total. The lowest BCUT2D eigenvalue weighted by Crippen LogP contribution is -2.32. The summed E-state index contributed by atoms with van der Waals surface area (Å²) in [6.45, 7) is 3.43. The second-order valence-electron chi connectivity index (χ2n) is 5.22. The average Bonchev–Trinajstić information content (AvgIpc) is 2.48. The fourth-order valence-corrected chi connectivity index (χ4v) is 2.84. The number of hydrogen-bond donors (Lipinski definition) is 2.